The first-order valence-corrected chi connectivity index (χ1v) is 8.01. The Balaban J connectivity index is 0.00000288. The number of aromatic nitrogens is 1. The number of rotatable bonds is 7. The topological polar surface area (TPSA) is 101 Å². The first kappa shape index (κ1) is 20.4. The van der Waals surface area contributed by atoms with Crippen molar-refractivity contribution in [1.82, 2.24) is 10.3 Å². The fraction of sp³-hybridized carbons (Fsp3) is 0.529. The Bertz CT molecular complexity index is 626. The van der Waals surface area contributed by atoms with Gasteiger partial charge in [-0.05, 0) is 30.9 Å². The molecule has 0 bridgehead atoms. The molecule has 0 saturated carbocycles. The normalized spacial score (nSPS) is 14.9. The quantitative estimate of drug-likeness (QED) is 0.708. The van der Waals surface area contributed by atoms with Crippen molar-refractivity contribution in [2.75, 3.05) is 0 Å². The van der Waals surface area contributed by atoms with Crippen molar-refractivity contribution in [1.29, 1.82) is 0 Å². The van der Waals surface area contributed by atoms with E-state index in [2.05, 4.69) is 10.3 Å². The second-order valence-electron chi connectivity index (χ2n) is 6.22. The number of carbonyl (C=O) groups is 1. The highest BCUT2D eigenvalue weighted by atomic mass is 35.5. The van der Waals surface area contributed by atoms with E-state index in [0.29, 0.717) is 29.9 Å². The van der Waals surface area contributed by atoms with Gasteiger partial charge >= 0.3 is 0 Å². The third kappa shape index (κ3) is 4.93. The third-order valence-electron chi connectivity index (χ3n) is 3.77. The van der Waals surface area contributed by atoms with Gasteiger partial charge in [-0.3, -0.25) is 4.79 Å². The van der Waals surface area contributed by atoms with Crippen LogP contribution in [0.25, 0.3) is 11.1 Å². The lowest BCUT2D eigenvalue weighted by Crippen LogP contribution is -2.47. The van der Waals surface area contributed by atoms with E-state index in [1.54, 1.807) is 6.07 Å². The fourth-order valence-corrected chi connectivity index (χ4v) is 2.50. The molecule has 1 aromatic carbocycles. The van der Waals surface area contributed by atoms with Gasteiger partial charge in [0, 0.05) is 0 Å². The van der Waals surface area contributed by atoms with Crippen molar-refractivity contribution in [2.24, 2.45) is 11.7 Å². The maximum Gasteiger partial charge on any atom is 0.237 e. The summed E-state index contributed by atoms with van der Waals surface area (Å²) in [6.45, 7) is 5.90. The van der Waals surface area contributed by atoms with Crippen LogP contribution in [0.15, 0.2) is 28.7 Å². The lowest BCUT2D eigenvalue weighted by atomic mass is 10.0. The van der Waals surface area contributed by atoms with Gasteiger partial charge in [-0.1, -0.05) is 32.9 Å². The molecule has 0 spiro atoms. The van der Waals surface area contributed by atoms with Crippen LogP contribution in [0.3, 0.4) is 0 Å². The number of hydrogen-bond donors (Lipinski definition) is 3. The second kappa shape index (κ2) is 9.01. The molecule has 134 valence electrons. The number of amides is 1. The predicted molar refractivity (Wildman–Crippen MR) is 95.9 cm³/mol. The SMILES string of the molecule is CC[C@H](NC(=O)[C@@H](N)CC(C)C)C(O)c1nc2ccccc2o1.Cl. The molecular weight excluding hydrogens is 330 g/mol. The Kier molecular flexibility index (Phi) is 7.66. The molecule has 1 unspecified atom stereocenters. The Morgan fingerprint density at radius 2 is 2.04 bits per heavy atom. The highest BCUT2D eigenvalue weighted by Gasteiger charge is 2.27. The first-order valence-electron chi connectivity index (χ1n) is 8.01. The first-order chi connectivity index (χ1) is 10.9. The number of benzene rings is 1. The number of nitrogens with two attached hydrogens (primary N) is 1. The smallest absolute Gasteiger partial charge is 0.237 e. The molecule has 2 aromatic rings. The predicted octanol–water partition coefficient (Wildman–Crippen LogP) is 2.55. The third-order valence-corrected chi connectivity index (χ3v) is 3.77. The van der Waals surface area contributed by atoms with Gasteiger partial charge in [-0.15, -0.1) is 12.4 Å². The standard InChI is InChI=1S/C17H25N3O3.ClH/c1-4-12(19-16(22)11(18)9-10(2)3)15(21)17-20-13-7-5-6-8-14(13)23-17;/h5-8,10-12,15,21H,4,9,18H2,1-3H3,(H,19,22);1H/t11-,12-,15?;/m0./s1. The van der Waals surface area contributed by atoms with Gasteiger partial charge in [0.25, 0.3) is 0 Å². The Labute approximate surface area is 148 Å². The van der Waals surface area contributed by atoms with Gasteiger partial charge in [0.05, 0.1) is 12.1 Å². The van der Waals surface area contributed by atoms with E-state index in [0.717, 1.165) is 0 Å². The van der Waals surface area contributed by atoms with Crippen molar-refractivity contribution in [2.45, 2.75) is 51.8 Å². The van der Waals surface area contributed by atoms with Crippen LogP contribution >= 0.6 is 12.4 Å². The van der Waals surface area contributed by atoms with E-state index >= 15 is 0 Å². The monoisotopic (exact) mass is 355 g/mol. The van der Waals surface area contributed by atoms with Gasteiger partial charge in [0.2, 0.25) is 11.8 Å². The maximum absolute atomic E-state index is 12.2. The summed E-state index contributed by atoms with van der Waals surface area (Å²) in [5.41, 5.74) is 7.18. The number of aliphatic hydroxyl groups excluding tert-OH is 1. The summed E-state index contributed by atoms with van der Waals surface area (Å²) in [6, 6.07) is 6.22. The molecule has 0 radical (unpaired) electrons. The minimum absolute atomic E-state index is 0. The molecule has 0 fully saturated rings. The Morgan fingerprint density at radius 1 is 1.38 bits per heavy atom. The molecule has 0 aliphatic carbocycles. The summed E-state index contributed by atoms with van der Waals surface area (Å²) >= 11 is 0. The van der Waals surface area contributed by atoms with Crippen molar-refractivity contribution >= 4 is 29.4 Å². The van der Waals surface area contributed by atoms with E-state index in [9.17, 15) is 9.90 Å². The van der Waals surface area contributed by atoms with Gasteiger partial charge in [-0.25, -0.2) is 4.98 Å². The summed E-state index contributed by atoms with van der Waals surface area (Å²) in [6.07, 6.45) is 0.129. The average molecular weight is 356 g/mol. The molecule has 0 aliphatic heterocycles. The number of nitrogens with zero attached hydrogens (tertiary/aromatic N) is 1. The van der Waals surface area contributed by atoms with E-state index in [-0.39, 0.29) is 24.2 Å². The van der Waals surface area contributed by atoms with E-state index in [4.69, 9.17) is 10.2 Å². The maximum atomic E-state index is 12.2. The van der Waals surface area contributed by atoms with Crippen LogP contribution in [0, 0.1) is 5.92 Å². The van der Waals surface area contributed by atoms with Gasteiger partial charge in [0.1, 0.15) is 5.52 Å². The van der Waals surface area contributed by atoms with Crippen LogP contribution in [0.5, 0.6) is 0 Å². The van der Waals surface area contributed by atoms with Crippen LogP contribution in [-0.4, -0.2) is 28.1 Å². The molecule has 1 heterocycles. The molecule has 1 aromatic heterocycles. The van der Waals surface area contributed by atoms with E-state index < -0.39 is 18.2 Å². The Hall–Kier alpha value is -1.63. The molecule has 0 saturated heterocycles. The molecular formula is C17H26ClN3O3. The highest BCUT2D eigenvalue weighted by molar-refractivity contribution is 5.85. The van der Waals surface area contributed by atoms with E-state index in [1.807, 2.05) is 39.0 Å². The molecule has 0 aliphatic rings. The molecule has 4 N–H and O–H groups in total. The number of halogens is 1. The number of carbonyl (C=O) groups excluding carboxylic acids is 1. The minimum atomic E-state index is -1.01. The van der Waals surface area contributed by atoms with Crippen LogP contribution in [0.4, 0.5) is 0 Å². The zero-order chi connectivity index (χ0) is 17.0. The second-order valence-corrected chi connectivity index (χ2v) is 6.22. The molecule has 24 heavy (non-hydrogen) atoms. The highest BCUT2D eigenvalue weighted by Crippen LogP contribution is 2.23. The van der Waals surface area contributed by atoms with Gasteiger partial charge in [0.15, 0.2) is 11.7 Å². The molecule has 2 rings (SSSR count). The number of aliphatic hydroxyl groups is 1. The number of fused-ring (bicyclic) bond motifs is 1. The molecule has 3 atom stereocenters. The van der Waals surface area contributed by atoms with Gasteiger partial charge < -0.3 is 20.6 Å². The average Bonchev–Trinajstić information content (AvgIpc) is 2.94. The summed E-state index contributed by atoms with van der Waals surface area (Å²) in [5.74, 6) is 0.272. The summed E-state index contributed by atoms with van der Waals surface area (Å²) < 4.78 is 5.58. The molecule has 1 amide bonds. The molecule has 7 heteroatoms. The van der Waals surface area contributed by atoms with Crippen LogP contribution in [-0.2, 0) is 4.79 Å². The lowest BCUT2D eigenvalue weighted by Gasteiger charge is -2.23. The molecule has 6 nitrogen and oxygen atoms in total. The van der Waals surface area contributed by atoms with Crippen molar-refractivity contribution < 1.29 is 14.3 Å². The largest absolute Gasteiger partial charge is 0.438 e. The fourth-order valence-electron chi connectivity index (χ4n) is 2.50. The van der Waals surface area contributed by atoms with Crippen molar-refractivity contribution in [3.8, 4) is 0 Å². The number of para-hydroxylation sites is 2. The lowest BCUT2D eigenvalue weighted by molar-refractivity contribution is -0.124. The number of hydrogen-bond acceptors (Lipinski definition) is 5. The summed E-state index contributed by atoms with van der Waals surface area (Å²) in [4.78, 5) is 16.4. The summed E-state index contributed by atoms with van der Waals surface area (Å²) in [5, 5.41) is 13.3. The minimum Gasteiger partial charge on any atom is -0.438 e. The van der Waals surface area contributed by atoms with Crippen LogP contribution < -0.4 is 11.1 Å². The number of nitrogens with one attached hydrogen (secondary N) is 1. The Morgan fingerprint density at radius 3 is 2.62 bits per heavy atom. The van der Waals surface area contributed by atoms with Gasteiger partial charge in [-0.2, -0.15) is 0 Å². The van der Waals surface area contributed by atoms with Crippen molar-refractivity contribution in [3.05, 3.63) is 30.2 Å². The zero-order valence-electron chi connectivity index (χ0n) is 14.2. The van der Waals surface area contributed by atoms with Crippen LogP contribution in [0.1, 0.15) is 45.6 Å². The van der Waals surface area contributed by atoms with Crippen molar-refractivity contribution in [3.63, 3.8) is 0 Å². The summed E-state index contributed by atoms with van der Waals surface area (Å²) in [7, 11) is 0. The number of oxazole rings is 1. The van der Waals surface area contributed by atoms with E-state index in [1.165, 1.54) is 0 Å². The van der Waals surface area contributed by atoms with Crippen LogP contribution in [0.2, 0.25) is 0 Å². The zero-order valence-corrected chi connectivity index (χ0v) is 15.0.